The van der Waals surface area contributed by atoms with Gasteiger partial charge in [-0.3, -0.25) is 4.79 Å². The minimum absolute atomic E-state index is 0.217. The molecule has 2 rings (SSSR count). The maximum atomic E-state index is 10.8. The van der Waals surface area contributed by atoms with Crippen molar-refractivity contribution in [2.24, 2.45) is 0 Å². The van der Waals surface area contributed by atoms with Crippen molar-refractivity contribution in [1.29, 1.82) is 0 Å². The van der Waals surface area contributed by atoms with E-state index < -0.39 is 0 Å². The SMILES string of the molecule is CC(=O)CCNc1ccc2cc(C)ccc2c1. The van der Waals surface area contributed by atoms with Gasteiger partial charge >= 0.3 is 0 Å². The maximum absolute atomic E-state index is 10.8. The van der Waals surface area contributed by atoms with Crippen LogP contribution in [0.15, 0.2) is 36.4 Å². The van der Waals surface area contributed by atoms with Crippen LogP contribution < -0.4 is 5.32 Å². The summed E-state index contributed by atoms with van der Waals surface area (Å²) in [5, 5.41) is 5.74. The predicted octanol–water partition coefficient (Wildman–Crippen LogP) is 3.54. The van der Waals surface area contributed by atoms with Crippen LogP contribution in [0.3, 0.4) is 0 Å². The van der Waals surface area contributed by atoms with E-state index >= 15 is 0 Å². The molecule has 0 aromatic heterocycles. The molecule has 1 N–H and O–H groups in total. The van der Waals surface area contributed by atoms with Gasteiger partial charge in [-0.2, -0.15) is 0 Å². The second kappa shape index (κ2) is 5.00. The number of rotatable bonds is 4. The van der Waals surface area contributed by atoms with E-state index in [-0.39, 0.29) is 5.78 Å². The molecule has 2 aromatic rings. The summed E-state index contributed by atoms with van der Waals surface area (Å²) in [6.07, 6.45) is 0.575. The number of hydrogen-bond donors (Lipinski definition) is 1. The molecule has 2 heteroatoms. The number of nitrogens with one attached hydrogen (secondary N) is 1. The normalized spacial score (nSPS) is 10.5. The van der Waals surface area contributed by atoms with Gasteiger partial charge in [-0.05, 0) is 36.8 Å². The highest BCUT2D eigenvalue weighted by molar-refractivity contribution is 5.86. The molecule has 0 aliphatic carbocycles. The van der Waals surface area contributed by atoms with Gasteiger partial charge in [0.1, 0.15) is 5.78 Å². The Morgan fingerprint density at radius 3 is 2.59 bits per heavy atom. The van der Waals surface area contributed by atoms with Crippen molar-refractivity contribution in [3.05, 3.63) is 42.0 Å². The van der Waals surface area contributed by atoms with Gasteiger partial charge in [-0.25, -0.2) is 0 Å². The molecular formula is C15H17NO. The molecule has 88 valence electrons. The molecule has 0 fully saturated rings. The topological polar surface area (TPSA) is 29.1 Å². The first-order valence-electron chi connectivity index (χ1n) is 5.89. The Morgan fingerprint density at radius 2 is 1.82 bits per heavy atom. The molecule has 0 radical (unpaired) electrons. The van der Waals surface area contributed by atoms with Crippen molar-refractivity contribution in [2.45, 2.75) is 20.3 Å². The molecule has 0 heterocycles. The first kappa shape index (κ1) is 11.6. The van der Waals surface area contributed by atoms with Gasteiger partial charge in [0.05, 0.1) is 0 Å². The molecule has 0 aliphatic heterocycles. The molecule has 0 atom stereocenters. The summed E-state index contributed by atoms with van der Waals surface area (Å²) >= 11 is 0. The summed E-state index contributed by atoms with van der Waals surface area (Å²) in [5.41, 5.74) is 2.34. The molecule has 0 bridgehead atoms. The predicted molar refractivity (Wildman–Crippen MR) is 72.5 cm³/mol. The van der Waals surface area contributed by atoms with Crippen LogP contribution in [0.25, 0.3) is 10.8 Å². The lowest BCUT2D eigenvalue weighted by Crippen LogP contribution is -2.05. The zero-order valence-electron chi connectivity index (χ0n) is 10.3. The number of aryl methyl sites for hydroxylation is 1. The third-order valence-corrected chi connectivity index (χ3v) is 2.80. The standard InChI is InChI=1S/C15H17NO/c1-11-3-4-14-10-15(6-5-13(14)9-11)16-8-7-12(2)17/h3-6,9-10,16H,7-8H2,1-2H3. The third kappa shape index (κ3) is 3.06. The molecular weight excluding hydrogens is 210 g/mol. The first-order chi connectivity index (χ1) is 8.15. The van der Waals surface area contributed by atoms with Crippen LogP contribution in [0.4, 0.5) is 5.69 Å². The van der Waals surface area contributed by atoms with E-state index in [4.69, 9.17) is 0 Å². The van der Waals surface area contributed by atoms with E-state index in [1.54, 1.807) is 6.92 Å². The van der Waals surface area contributed by atoms with Gasteiger partial charge in [-0.1, -0.05) is 29.8 Å². The van der Waals surface area contributed by atoms with Crippen molar-refractivity contribution in [3.63, 3.8) is 0 Å². The smallest absolute Gasteiger partial charge is 0.131 e. The molecule has 2 aromatic carbocycles. The Morgan fingerprint density at radius 1 is 1.12 bits per heavy atom. The molecule has 0 saturated carbocycles. The van der Waals surface area contributed by atoms with E-state index in [1.165, 1.54) is 16.3 Å². The number of fused-ring (bicyclic) bond motifs is 1. The average molecular weight is 227 g/mol. The van der Waals surface area contributed by atoms with Crippen LogP contribution >= 0.6 is 0 Å². The van der Waals surface area contributed by atoms with Crippen molar-refractivity contribution >= 4 is 22.2 Å². The molecule has 0 spiro atoms. The Labute approximate surface area is 102 Å². The fraction of sp³-hybridized carbons (Fsp3) is 0.267. The van der Waals surface area contributed by atoms with Gasteiger partial charge in [0.2, 0.25) is 0 Å². The van der Waals surface area contributed by atoms with Crippen LogP contribution in [-0.2, 0) is 4.79 Å². The van der Waals surface area contributed by atoms with E-state index in [9.17, 15) is 4.79 Å². The molecule has 0 unspecified atom stereocenters. The van der Waals surface area contributed by atoms with E-state index in [0.29, 0.717) is 13.0 Å². The molecule has 17 heavy (non-hydrogen) atoms. The van der Waals surface area contributed by atoms with Gasteiger partial charge in [-0.15, -0.1) is 0 Å². The number of anilines is 1. The fourth-order valence-electron chi connectivity index (χ4n) is 1.86. The highest BCUT2D eigenvalue weighted by atomic mass is 16.1. The summed E-state index contributed by atoms with van der Waals surface area (Å²) in [4.78, 5) is 10.8. The Balaban J connectivity index is 2.14. The Bertz CT molecular complexity index is 546. The maximum Gasteiger partial charge on any atom is 0.131 e. The summed E-state index contributed by atoms with van der Waals surface area (Å²) in [6, 6.07) is 12.7. The lowest BCUT2D eigenvalue weighted by Gasteiger charge is -2.07. The van der Waals surface area contributed by atoms with E-state index in [1.807, 2.05) is 0 Å². The highest BCUT2D eigenvalue weighted by Gasteiger charge is 1.97. The average Bonchev–Trinajstić information content (AvgIpc) is 2.29. The van der Waals surface area contributed by atoms with Crippen LogP contribution in [0, 0.1) is 6.92 Å². The number of benzene rings is 2. The quantitative estimate of drug-likeness (QED) is 0.865. The van der Waals surface area contributed by atoms with Gasteiger partial charge < -0.3 is 5.32 Å². The molecule has 0 aliphatic rings. The fourth-order valence-corrected chi connectivity index (χ4v) is 1.86. The Kier molecular flexibility index (Phi) is 3.43. The van der Waals surface area contributed by atoms with Crippen molar-refractivity contribution in [2.75, 3.05) is 11.9 Å². The summed E-state index contributed by atoms with van der Waals surface area (Å²) in [5.74, 6) is 0.217. The monoisotopic (exact) mass is 227 g/mol. The first-order valence-corrected chi connectivity index (χ1v) is 5.89. The number of hydrogen-bond acceptors (Lipinski definition) is 2. The number of ketones is 1. The van der Waals surface area contributed by atoms with Crippen LogP contribution in [0.1, 0.15) is 18.9 Å². The highest BCUT2D eigenvalue weighted by Crippen LogP contribution is 2.20. The van der Waals surface area contributed by atoms with Crippen molar-refractivity contribution in [1.82, 2.24) is 0 Å². The number of carbonyl (C=O) groups excluding carboxylic acids is 1. The van der Waals surface area contributed by atoms with Gasteiger partial charge in [0.15, 0.2) is 0 Å². The summed E-state index contributed by atoms with van der Waals surface area (Å²) < 4.78 is 0. The minimum Gasteiger partial charge on any atom is -0.385 e. The summed E-state index contributed by atoms with van der Waals surface area (Å²) in [7, 11) is 0. The van der Waals surface area contributed by atoms with Crippen molar-refractivity contribution < 1.29 is 4.79 Å². The zero-order valence-corrected chi connectivity index (χ0v) is 10.3. The van der Waals surface area contributed by atoms with Crippen LogP contribution in [0.2, 0.25) is 0 Å². The van der Waals surface area contributed by atoms with E-state index in [2.05, 4.69) is 48.6 Å². The zero-order chi connectivity index (χ0) is 12.3. The van der Waals surface area contributed by atoms with Crippen molar-refractivity contribution in [3.8, 4) is 0 Å². The van der Waals surface area contributed by atoms with Crippen LogP contribution in [0.5, 0.6) is 0 Å². The summed E-state index contributed by atoms with van der Waals surface area (Å²) in [6.45, 7) is 4.41. The van der Waals surface area contributed by atoms with E-state index in [0.717, 1.165) is 5.69 Å². The van der Waals surface area contributed by atoms with Gasteiger partial charge in [0.25, 0.3) is 0 Å². The van der Waals surface area contributed by atoms with Gasteiger partial charge in [0, 0.05) is 18.7 Å². The largest absolute Gasteiger partial charge is 0.385 e. The second-order valence-corrected chi connectivity index (χ2v) is 4.44. The third-order valence-electron chi connectivity index (χ3n) is 2.80. The Hall–Kier alpha value is -1.83. The lowest BCUT2D eigenvalue weighted by atomic mass is 10.1. The molecule has 0 saturated heterocycles. The lowest BCUT2D eigenvalue weighted by molar-refractivity contribution is -0.116. The minimum atomic E-state index is 0.217. The number of Topliss-reactive ketones (excluding diaryl/α,β-unsaturated/α-hetero) is 1. The molecule has 0 amide bonds. The molecule has 2 nitrogen and oxygen atoms in total. The van der Waals surface area contributed by atoms with Crippen LogP contribution in [-0.4, -0.2) is 12.3 Å². The second-order valence-electron chi connectivity index (χ2n) is 4.44. The number of carbonyl (C=O) groups is 1.